The van der Waals surface area contributed by atoms with Crippen molar-refractivity contribution in [1.29, 1.82) is 0 Å². The predicted molar refractivity (Wildman–Crippen MR) is 151 cm³/mol. The first-order chi connectivity index (χ1) is 18.9. The van der Waals surface area contributed by atoms with Gasteiger partial charge in [0.15, 0.2) is 0 Å². The lowest BCUT2D eigenvalue weighted by atomic mass is 9.94. The number of nitrogens with zero attached hydrogens (tertiary/aromatic N) is 4. The molecule has 3 heterocycles. The van der Waals surface area contributed by atoms with Crippen LogP contribution in [0.1, 0.15) is 0 Å². The lowest BCUT2D eigenvalue weighted by Crippen LogP contribution is -2.43. The maximum atomic E-state index is 15.1. The van der Waals surface area contributed by atoms with Crippen LogP contribution in [-0.2, 0) is 7.05 Å². The molecule has 1 aliphatic rings. The van der Waals surface area contributed by atoms with E-state index in [0.717, 1.165) is 43.1 Å². The van der Waals surface area contributed by atoms with Crippen LogP contribution in [0.3, 0.4) is 0 Å². The first-order valence-electron chi connectivity index (χ1n) is 12.6. The van der Waals surface area contributed by atoms with E-state index in [1.54, 1.807) is 43.8 Å². The average Bonchev–Trinajstić information content (AvgIpc) is 3.61. The van der Waals surface area contributed by atoms with Crippen LogP contribution < -0.4 is 15.9 Å². The number of aromatic nitrogens is 4. The van der Waals surface area contributed by atoms with E-state index in [0.29, 0.717) is 33.0 Å². The van der Waals surface area contributed by atoms with Crippen molar-refractivity contribution in [1.82, 2.24) is 24.6 Å². The molecule has 0 unspecified atom stereocenters. The number of nitrogens with one attached hydrogen (secondary N) is 2. The first-order valence-corrected chi connectivity index (χ1v) is 12.9. The van der Waals surface area contributed by atoms with Crippen molar-refractivity contribution in [2.24, 2.45) is 7.05 Å². The Morgan fingerprint density at radius 1 is 0.949 bits per heavy atom. The quantitative estimate of drug-likeness (QED) is 0.295. The van der Waals surface area contributed by atoms with E-state index in [1.165, 1.54) is 21.3 Å². The highest BCUT2D eigenvalue weighted by atomic mass is 35.5. The van der Waals surface area contributed by atoms with E-state index >= 15 is 4.39 Å². The van der Waals surface area contributed by atoms with Gasteiger partial charge in [-0.15, -0.1) is 0 Å². The van der Waals surface area contributed by atoms with Gasteiger partial charge >= 0.3 is 5.69 Å². The number of hydrogen-bond donors (Lipinski definition) is 3. The molecule has 1 aliphatic heterocycles. The Hall–Kier alpha value is -4.34. The number of piperazine rings is 1. The van der Waals surface area contributed by atoms with Gasteiger partial charge in [-0.1, -0.05) is 17.7 Å². The van der Waals surface area contributed by atoms with Crippen molar-refractivity contribution < 1.29 is 9.50 Å². The van der Waals surface area contributed by atoms with Crippen molar-refractivity contribution in [3.05, 3.63) is 94.5 Å². The number of anilines is 1. The minimum Gasteiger partial charge on any atom is -0.507 e. The zero-order valence-electron chi connectivity index (χ0n) is 21.2. The fraction of sp³-hybridized carbons (Fsp3) is 0.172. The standard InChI is InChI=1S/C29H26ClFN6O2/c1-35-10-11-37(29(35)39)27-3-2-18(15-25(27)30)23-16-21(31)17-24(28(23)38)19-12-20(26-4-5-33-34-26)14-22(13-19)36-8-6-32-7-9-36/h2-5,10-17,32,38H,6-9H2,1H3,(H,33,34). The number of rotatable bonds is 5. The topological polar surface area (TPSA) is 91.1 Å². The van der Waals surface area contributed by atoms with Crippen LogP contribution in [0.25, 0.3) is 39.2 Å². The smallest absolute Gasteiger partial charge is 0.332 e. The van der Waals surface area contributed by atoms with Gasteiger partial charge in [-0.05, 0) is 59.7 Å². The van der Waals surface area contributed by atoms with Crippen molar-refractivity contribution in [2.45, 2.75) is 0 Å². The Morgan fingerprint density at radius 2 is 1.69 bits per heavy atom. The second-order valence-electron chi connectivity index (χ2n) is 9.55. The van der Waals surface area contributed by atoms with Crippen LogP contribution in [0.15, 0.2) is 78.0 Å². The lowest BCUT2D eigenvalue weighted by Gasteiger charge is -2.30. The second-order valence-corrected chi connectivity index (χ2v) is 9.96. The summed E-state index contributed by atoms with van der Waals surface area (Å²) in [5.74, 6) is -0.557. The number of hydrogen-bond acceptors (Lipinski definition) is 5. The molecule has 0 amide bonds. The second kappa shape index (κ2) is 10.1. The molecule has 3 aromatic carbocycles. The molecule has 0 bridgehead atoms. The third kappa shape index (κ3) is 4.71. The molecule has 0 saturated carbocycles. The summed E-state index contributed by atoms with van der Waals surface area (Å²) in [6.45, 7) is 3.40. The van der Waals surface area contributed by atoms with Crippen molar-refractivity contribution in [3.63, 3.8) is 0 Å². The molecule has 8 nitrogen and oxygen atoms in total. The Labute approximate surface area is 228 Å². The molecule has 6 rings (SSSR count). The molecular weight excluding hydrogens is 519 g/mol. The summed E-state index contributed by atoms with van der Waals surface area (Å²) >= 11 is 6.56. The summed E-state index contributed by atoms with van der Waals surface area (Å²) in [6.07, 6.45) is 4.95. The summed E-state index contributed by atoms with van der Waals surface area (Å²) in [5.41, 5.74) is 4.80. The van der Waals surface area contributed by atoms with Crippen LogP contribution in [0.2, 0.25) is 5.02 Å². The highest BCUT2D eigenvalue weighted by Crippen LogP contribution is 2.42. The monoisotopic (exact) mass is 544 g/mol. The summed E-state index contributed by atoms with van der Waals surface area (Å²) in [4.78, 5) is 14.7. The zero-order chi connectivity index (χ0) is 27.1. The fourth-order valence-corrected chi connectivity index (χ4v) is 5.27. The number of imidazole rings is 1. The van der Waals surface area contributed by atoms with Gasteiger partial charge in [0, 0.05) is 74.2 Å². The Morgan fingerprint density at radius 3 is 2.36 bits per heavy atom. The fourth-order valence-electron chi connectivity index (χ4n) is 5.00. The summed E-state index contributed by atoms with van der Waals surface area (Å²) in [7, 11) is 1.66. The van der Waals surface area contributed by atoms with Gasteiger partial charge < -0.3 is 19.9 Å². The van der Waals surface area contributed by atoms with E-state index in [9.17, 15) is 9.90 Å². The number of benzene rings is 3. The van der Waals surface area contributed by atoms with Gasteiger partial charge in [-0.3, -0.25) is 9.67 Å². The molecule has 0 radical (unpaired) electrons. The number of halogens is 2. The normalized spacial score (nSPS) is 13.7. The molecule has 0 aliphatic carbocycles. The number of H-pyrrole nitrogens is 1. The highest BCUT2D eigenvalue weighted by molar-refractivity contribution is 6.32. The molecule has 198 valence electrons. The summed E-state index contributed by atoms with van der Waals surface area (Å²) < 4.78 is 18.0. The minimum atomic E-state index is -0.493. The van der Waals surface area contributed by atoms with Gasteiger partial charge in [0.1, 0.15) is 11.6 Å². The molecule has 39 heavy (non-hydrogen) atoms. The van der Waals surface area contributed by atoms with Gasteiger partial charge in [0.2, 0.25) is 0 Å². The van der Waals surface area contributed by atoms with Gasteiger partial charge in [-0.2, -0.15) is 5.10 Å². The third-order valence-corrected chi connectivity index (χ3v) is 7.37. The molecule has 5 aromatic rings. The third-order valence-electron chi connectivity index (χ3n) is 7.06. The lowest BCUT2D eigenvalue weighted by molar-refractivity contribution is 0.477. The van der Waals surface area contributed by atoms with E-state index in [2.05, 4.69) is 26.5 Å². The van der Waals surface area contributed by atoms with Crippen LogP contribution in [0.5, 0.6) is 5.75 Å². The molecule has 10 heteroatoms. The molecule has 0 spiro atoms. The van der Waals surface area contributed by atoms with E-state index < -0.39 is 5.82 Å². The van der Waals surface area contributed by atoms with Crippen molar-refractivity contribution in [3.8, 4) is 44.9 Å². The molecule has 1 fully saturated rings. The van der Waals surface area contributed by atoms with Crippen LogP contribution >= 0.6 is 11.6 Å². The van der Waals surface area contributed by atoms with Gasteiger partial charge in [0.25, 0.3) is 0 Å². The number of phenols is 1. The van der Waals surface area contributed by atoms with Crippen molar-refractivity contribution >= 4 is 17.3 Å². The molecule has 3 N–H and O–H groups in total. The largest absolute Gasteiger partial charge is 0.507 e. The molecule has 0 atom stereocenters. The van der Waals surface area contributed by atoms with E-state index in [1.807, 2.05) is 18.2 Å². The Kier molecular flexibility index (Phi) is 6.46. The number of phenolic OH excluding ortho intramolecular Hbond substituents is 1. The first kappa shape index (κ1) is 25.0. The van der Waals surface area contributed by atoms with Gasteiger partial charge in [-0.25, -0.2) is 9.18 Å². The highest BCUT2D eigenvalue weighted by Gasteiger charge is 2.19. The average molecular weight is 545 g/mol. The minimum absolute atomic E-state index is 0.0647. The van der Waals surface area contributed by atoms with Crippen LogP contribution in [0, 0.1) is 5.82 Å². The van der Waals surface area contributed by atoms with Crippen molar-refractivity contribution in [2.75, 3.05) is 31.1 Å². The number of aryl methyl sites for hydroxylation is 1. The summed E-state index contributed by atoms with van der Waals surface area (Å²) in [5, 5.41) is 22.2. The number of aromatic amines is 1. The van der Waals surface area contributed by atoms with E-state index in [-0.39, 0.29) is 11.4 Å². The SMILES string of the molecule is Cn1ccn(-c2ccc(-c3cc(F)cc(-c4cc(-c5ccn[nH]5)cc(N5CCNCC5)c4)c3O)cc2Cl)c1=O. The molecule has 1 saturated heterocycles. The van der Waals surface area contributed by atoms with E-state index in [4.69, 9.17) is 11.6 Å². The maximum Gasteiger partial charge on any atom is 0.332 e. The number of aromatic hydroxyl groups is 1. The zero-order valence-corrected chi connectivity index (χ0v) is 21.9. The Bertz CT molecular complexity index is 1720. The molecular formula is C29H26ClFN6O2. The van der Waals surface area contributed by atoms with Crippen LogP contribution in [-0.4, -0.2) is 50.6 Å². The summed E-state index contributed by atoms with van der Waals surface area (Å²) in [6, 6.07) is 15.5. The van der Waals surface area contributed by atoms with Gasteiger partial charge in [0.05, 0.1) is 16.4 Å². The van der Waals surface area contributed by atoms with Crippen LogP contribution in [0.4, 0.5) is 10.1 Å². The maximum absolute atomic E-state index is 15.1. The predicted octanol–water partition coefficient (Wildman–Crippen LogP) is 4.81. The Balaban J connectivity index is 1.46. The molecule has 2 aromatic heterocycles.